The van der Waals surface area contributed by atoms with Gasteiger partial charge in [0.25, 0.3) is 0 Å². The number of hydrogen-bond acceptors (Lipinski definition) is 3. The summed E-state index contributed by atoms with van der Waals surface area (Å²) in [4.78, 5) is 6.99. The van der Waals surface area contributed by atoms with Gasteiger partial charge in [-0.25, -0.2) is 4.98 Å². The van der Waals surface area contributed by atoms with Gasteiger partial charge in [0.1, 0.15) is 5.82 Å². The Morgan fingerprint density at radius 2 is 2.06 bits per heavy atom. The third kappa shape index (κ3) is 2.08. The molecule has 0 spiro atoms. The van der Waals surface area contributed by atoms with Gasteiger partial charge >= 0.3 is 0 Å². The van der Waals surface area contributed by atoms with Gasteiger partial charge in [0.15, 0.2) is 0 Å². The molecule has 0 aromatic carbocycles. The minimum absolute atomic E-state index is 0.563. The Morgan fingerprint density at radius 3 is 2.71 bits per heavy atom. The van der Waals surface area contributed by atoms with E-state index in [4.69, 9.17) is 5.73 Å². The third-order valence-corrected chi connectivity index (χ3v) is 4.59. The number of pyridine rings is 1. The first-order valence-electron chi connectivity index (χ1n) is 6.37. The Bertz CT molecular complexity index is 409. The molecule has 1 aromatic heterocycles. The molecule has 0 bridgehead atoms. The fourth-order valence-electron chi connectivity index (χ4n) is 3.32. The summed E-state index contributed by atoms with van der Waals surface area (Å²) in [5.74, 6) is 2.89. The largest absolute Gasteiger partial charge is 0.356 e. The van der Waals surface area contributed by atoms with Crippen LogP contribution in [-0.4, -0.2) is 18.1 Å². The van der Waals surface area contributed by atoms with Gasteiger partial charge in [-0.1, -0.05) is 6.42 Å². The van der Waals surface area contributed by atoms with Crippen molar-refractivity contribution in [1.82, 2.24) is 4.98 Å². The van der Waals surface area contributed by atoms with Crippen molar-refractivity contribution in [3.8, 4) is 0 Å². The molecule has 2 fully saturated rings. The van der Waals surface area contributed by atoms with Crippen molar-refractivity contribution in [3.63, 3.8) is 0 Å². The molecule has 2 aliphatic rings. The number of nitrogens with two attached hydrogens (primary N) is 1. The standard InChI is InChI=1S/C13H18BrN3/c14-12-4-11(5-15)13(16-6-12)17-7-9-2-1-3-10(9)8-17/h4,6,9-10H,1-3,5,7-8,15H2. The predicted molar refractivity (Wildman–Crippen MR) is 72.9 cm³/mol. The van der Waals surface area contributed by atoms with Gasteiger partial charge in [0.2, 0.25) is 0 Å². The van der Waals surface area contributed by atoms with Crippen LogP contribution in [0.15, 0.2) is 16.7 Å². The van der Waals surface area contributed by atoms with Crippen molar-refractivity contribution in [3.05, 3.63) is 22.3 Å². The lowest BCUT2D eigenvalue weighted by Gasteiger charge is -2.21. The molecule has 4 heteroatoms. The number of halogens is 1. The number of nitrogens with zero attached hydrogens (tertiary/aromatic N) is 2. The van der Waals surface area contributed by atoms with Crippen LogP contribution >= 0.6 is 15.9 Å². The summed E-state index contributed by atoms with van der Waals surface area (Å²) >= 11 is 3.46. The molecule has 0 amide bonds. The Balaban J connectivity index is 1.85. The Morgan fingerprint density at radius 1 is 1.35 bits per heavy atom. The first-order valence-corrected chi connectivity index (χ1v) is 7.16. The van der Waals surface area contributed by atoms with Crippen molar-refractivity contribution in [2.24, 2.45) is 17.6 Å². The van der Waals surface area contributed by atoms with Crippen LogP contribution in [0.2, 0.25) is 0 Å². The molecule has 92 valence electrons. The van der Waals surface area contributed by atoms with Crippen molar-refractivity contribution >= 4 is 21.7 Å². The molecular weight excluding hydrogens is 278 g/mol. The van der Waals surface area contributed by atoms with Crippen molar-refractivity contribution in [1.29, 1.82) is 0 Å². The van der Waals surface area contributed by atoms with E-state index in [1.165, 1.54) is 32.4 Å². The van der Waals surface area contributed by atoms with Crippen molar-refractivity contribution in [2.75, 3.05) is 18.0 Å². The van der Waals surface area contributed by atoms with Crippen LogP contribution in [0, 0.1) is 11.8 Å². The minimum atomic E-state index is 0.563. The highest BCUT2D eigenvalue weighted by atomic mass is 79.9. The second-order valence-corrected chi connectivity index (χ2v) is 6.11. The predicted octanol–water partition coefficient (Wildman–Crippen LogP) is 2.54. The lowest BCUT2D eigenvalue weighted by atomic mass is 10.0. The van der Waals surface area contributed by atoms with Crippen LogP contribution in [-0.2, 0) is 6.54 Å². The zero-order chi connectivity index (χ0) is 11.8. The molecule has 3 rings (SSSR count). The molecule has 2 atom stereocenters. The Kier molecular flexibility index (Phi) is 3.09. The quantitative estimate of drug-likeness (QED) is 0.912. The van der Waals surface area contributed by atoms with Crippen molar-refractivity contribution < 1.29 is 0 Å². The van der Waals surface area contributed by atoms with E-state index < -0.39 is 0 Å². The Hall–Kier alpha value is -0.610. The molecule has 1 saturated carbocycles. The molecule has 1 saturated heterocycles. The summed E-state index contributed by atoms with van der Waals surface area (Å²) in [6.45, 7) is 2.91. The van der Waals surface area contributed by atoms with E-state index in [0.717, 1.165) is 27.7 Å². The average molecular weight is 296 g/mol. The first-order chi connectivity index (χ1) is 8.28. The topological polar surface area (TPSA) is 42.1 Å². The highest BCUT2D eigenvalue weighted by Crippen LogP contribution is 2.39. The zero-order valence-electron chi connectivity index (χ0n) is 9.90. The fourth-order valence-corrected chi connectivity index (χ4v) is 3.70. The molecule has 0 radical (unpaired) electrons. The van der Waals surface area contributed by atoms with E-state index in [1.807, 2.05) is 6.20 Å². The molecule has 2 heterocycles. The highest BCUT2D eigenvalue weighted by molar-refractivity contribution is 9.10. The van der Waals surface area contributed by atoms with Gasteiger partial charge in [0.05, 0.1) is 0 Å². The summed E-state index contributed by atoms with van der Waals surface area (Å²) in [5.41, 5.74) is 6.97. The number of rotatable bonds is 2. The maximum Gasteiger partial charge on any atom is 0.133 e. The van der Waals surface area contributed by atoms with Gasteiger partial charge in [-0.3, -0.25) is 0 Å². The number of hydrogen-bond donors (Lipinski definition) is 1. The van der Waals surface area contributed by atoms with E-state index in [0.29, 0.717) is 6.54 Å². The molecule has 1 aliphatic carbocycles. The van der Waals surface area contributed by atoms with Gasteiger partial charge in [-0.2, -0.15) is 0 Å². The van der Waals surface area contributed by atoms with Crippen LogP contribution in [0.3, 0.4) is 0 Å². The van der Waals surface area contributed by atoms with Gasteiger partial charge < -0.3 is 10.6 Å². The first kappa shape index (κ1) is 11.5. The molecule has 17 heavy (non-hydrogen) atoms. The average Bonchev–Trinajstić information content (AvgIpc) is 2.89. The summed E-state index contributed by atoms with van der Waals surface area (Å²) < 4.78 is 1.01. The smallest absolute Gasteiger partial charge is 0.133 e. The lowest BCUT2D eigenvalue weighted by molar-refractivity contribution is 0.494. The monoisotopic (exact) mass is 295 g/mol. The summed E-state index contributed by atoms with van der Waals surface area (Å²) in [5, 5.41) is 0. The van der Waals surface area contributed by atoms with E-state index in [9.17, 15) is 0 Å². The second-order valence-electron chi connectivity index (χ2n) is 5.20. The number of anilines is 1. The Labute approximate surface area is 111 Å². The molecule has 2 N–H and O–H groups in total. The van der Waals surface area contributed by atoms with E-state index in [-0.39, 0.29) is 0 Å². The van der Waals surface area contributed by atoms with Crippen LogP contribution in [0.5, 0.6) is 0 Å². The normalized spacial score (nSPS) is 27.5. The SMILES string of the molecule is NCc1cc(Br)cnc1N1CC2CCCC2C1. The number of fused-ring (bicyclic) bond motifs is 1. The van der Waals surface area contributed by atoms with Crippen molar-refractivity contribution in [2.45, 2.75) is 25.8 Å². The van der Waals surface area contributed by atoms with Crippen LogP contribution in [0.25, 0.3) is 0 Å². The van der Waals surface area contributed by atoms with Crippen LogP contribution in [0.4, 0.5) is 5.82 Å². The van der Waals surface area contributed by atoms with Gasteiger partial charge in [-0.15, -0.1) is 0 Å². The van der Waals surface area contributed by atoms with Crippen LogP contribution < -0.4 is 10.6 Å². The summed E-state index contributed by atoms with van der Waals surface area (Å²) in [6.07, 6.45) is 6.09. The molecule has 3 nitrogen and oxygen atoms in total. The maximum absolute atomic E-state index is 5.82. The fraction of sp³-hybridized carbons (Fsp3) is 0.615. The van der Waals surface area contributed by atoms with E-state index in [1.54, 1.807) is 0 Å². The molecule has 1 aliphatic heterocycles. The second kappa shape index (κ2) is 4.58. The van der Waals surface area contributed by atoms with Gasteiger partial charge in [0, 0.05) is 35.9 Å². The minimum Gasteiger partial charge on any atom is -0.356 e. The van der Waals surface area contributed by atoms with E-state index in [2.05, 4.69) is 31.9 Å². The molecular formula is C13H18BrN3. The number of aromatic nitrogens is 1. The summed E-state index contributed by atoms with van der Waals surface area (Å²) in [6, 6.07) is 2.09. The van der Waals surface area contributed by atoms with E-state index >= 15 is 0 Å². The third-order valence-electron chi connectivity index (χ3n) is 4.16. The maximum atomic E-state index is 5.82. The molecule has 1 aromatic rings. The lowest BCUT2D eigenvalue weighted by Crippen LogP contribution is -2.24. The van der Waals surface area contributed by atoms with Crippen LogP contribution in [0.1, 0.15) is 24.8 Å². The summed E-state index contributed by atoms with van der Waals surface area (Å²) in [7, 11) is 0. The molecule has 2 unspecified atom stereocenters. The van der Waals surface area contributed by atoms with Gasteiger partial charge in [-0.05, 0) is 46.7 Å². The highest BCUT2D eigenvalue weighted by Gasteiger charge is 2.36. The zero-order valence-corrected chi connectivity index (χ0v) is 11.5.